The van der Waals surface area contributed by atoms with Crippen molar-refractivity contribution in [2.24, 2.45) is 11.8 Å². The number of piperidine rings is 1. The summed E-state index contributed by atoms with van der Waals surface area (Å²) in [6.07, 6.45) is 0.0163. The van der Waals surface area contributed by atoms with E-state index < -0.39 is 60.1 Å². The van der Waals surface area contributed by atoms with Gasteiger partial charge in [-0.15, -0.1) is 0 Å². The first-order valence-corrected chi connectivity index (χ1v) is 15.2. The molecule has 1 saturated carbocycles. The first kappa shape index (κ1) is 29.0. The molecule has 2 aromatic rings. The lowest BCUT2D eigenvalue weighted by Gasteiger charge is -2.38. The van der Waals surface area contributed by atoms with Crippen LogP contribution in [0.3, 0.4) is 0 Å². The number of phenolic OH excluding ortho intramolecular Hbond substituents is 1. The minimum Gasteiger partial charge on any atom is -0.506 e. The van der Waals surface area contributed by atoms with Gasteiger partial charge < -0.3 is 29.4 Å². The number of phenols is 1. The molecule has 12 heteroatoms. The third-order valence-electron chi connectivity index (χ3n) is 7.70. The molecular formula is C28H28I2NO9+. The van der Waals surface area contributed by atoms with Crippen LogP contribution in [0, 0.1) is 19.0 Å². The molecule has 212 valence electrons. The van der Waals surface area contributed by atoms with E-state index in [0.29, 0.717) is 20.0 Å². The molecule has 2 bridgehead atoms. The predicted octanol–water partition coefficient (Wildman–Crippen LogP) is 2.42. The second kappa shape index (κ2) is 12.2. The zero-order valence-corrected chi connectivity index (χ0v) is 25.7. The lowest BCUT2D eigenvalue weighted by atomic mass is 9.78. The zero-order valence-electron chi connectivity index (χ0n) is 21.3. The lowest BCUT2D eigenvalue weighted by Crippen LogP contribution is -2.87. The van der Waals surface area contributed by atoms with Crippen LogP contribution in [-0.2, 0) is 38.9 Å². The normalized spacial score (nSPS) is 25.0. The van der Waals surface area contributed by atoms with Crippen molar-refractivity contribution in [2.75, 3.05) is 19.7 Å². The largest absolute Gasteiger partial charge is 0.506 e. The number of halogens is 2. The fraction of sp³-hybridized carbons (Fsp3) is 0.429. The van der Waals surface area contributed by atoms with Crippen LogP contribution < -0.4 is 5.32 Å². The number of hydrogen-bond acceptors (Lipinski definition) is 9. The van der Waals surface area contributed by atoms with Gasteiger partial charge in [0.15, 0.2) is 6.61 Å². The highest BCUT2D eigenvalue weighted by Crippen LogP contribution is 2.43. The van der Waals surface area contributed by atoms with Crippen LogP contribution >= 0.6 is 45.2 Å². The SMILES string of the molecule is O=C(COC(=O)c1cc(I)cc(I)c1O)OC1CC(C(=O)OC2(c3ccccc3)CC[NH2+]CC2)C2CC1OC2=O. The number of hydrogen-bond donors (Lipinski definition) is 2. The Morgan fingerprint density at radius 2 is 1.80 bits per heavy atom. The highest BCUT2D eigenvalue weighted by atomic mass is 127. The Hall–Kier alpha value is -2.46. The van der Waals surface area contributed by atoms with E-state index in [4.69, 9.17) is 18.9 Å². The van der Waals surface area contributed by atoms with Gasteiger partial charge in [-0.3, -0.25) is 9.59 Å². The van der Waals surface area contributed by atoms with Crippen LogP contribution in [0.2, 0.25) is 0 Å². The number of aromatic hydroxyl groups is 1. The molecule has 2 aliphatic heterocycles. The van der Waals surface area contributed by atoms with Crippen molar-refractivity contribution < 1.29 is 48.5 Å². The number of quaternary nitrogens is 1. The highest BCUT2D eigenvalue weighted by Gasteiger charge is 2.54. The van der Waals surface area contributed by atoms with Gasteiger partial charge in [-0.05, 0) is 62.9 Å². The molecule has 5 rings (SSSR count). The maximum Gasteiger partial charge on any atom is 0.344 e. The van der Waals surface area contributed by atoms with Gasteiger partial charge in [0.1, 0.15) is 29.1 Å². The third-order valence-corrected chi connectivity index (χ3v) is 9.14. The lowest BCUT2D eigenvalue weighted by molar-refractivity contribution is -0.668. The van der Waals surface area contributed by atoms with E-state index in [-0.39, 0.29) is 24.2 Å². The summed E-state index contributed by atoms with van der Waals surface area (Å²) in [4.78, 5) is 51.3. The second-order valence-corrected chi connectivity index (χ2v) is 12.6. The molecule has 2 saturated heterocycles. The summed E-state index contributed by atoms with van der Waals surface area (Å²) in [6.45, 7) is 0.903. The zero-order chi connectivity index (χ0) is 28.4. The van der Waals surface area contributed by atoms with E-state index in [1.54, 1.807) is 6.07 Å². The van der Waals surface area contributed by atoms with Gasteiger partial charge in [0.05, 0.1) is 28.5 Å². The van der Waals surface area contributed by atoms with Crippen molar-refractivity contribution in [2.45, 2.75) is 43.5 Å². The minimum absolute atomic E-state index is 0.0620. The van der Waals surface area contributed by atoms with Crippen molar-refractivity contribution in [3.63, 3.8) is 0 Å². The fourth-order valence-electron chi connectivity index (χ4n) is 5.66. The first-order valence-electron chi connectivity index (χ1n) is 13.0. The van der Waals surface area contributed by atoms with Crippen molar-refractivity contribution in [3.8, 4) is 5.75 Å². The van der Waals surface area contributed by atoms with Crippen molar-refractivity contribution in [1.29, 1.82) is 0 Å². The molecule has 2 aromatic carbocycles. The summed E-state index contributed by atoms with van der Waals surface area (Å²) in [7, 11) is 0. The van der Waals surface area contributed by atoms with Crippen LogP contribution in [0.25, 0.3) is 0 Å². The average Bonchev–Trinajstić information content (AvgIpc) is 3.27. The molecule has 3 fully saturated rings. The molecule has 4 unspecified atom stereocenters. The number of nitrogens with two attached hydrogens (primary N) is 1. The quantitative estimate of drug-likeness (QED) is 0.247. The molecule has 2 heterocycles. The van der Waals surface area contributed by atoms with E-state index in [0.717, 1.165) is 18.7 Å². The first-order chi connectivity index (χ1) is 19.2. The Morgan fingerprint density at radius 1 is 1.07 bits per heavy atom. The number of benzene rings is 2. The Kier molecular flexibility index (Phi) is 8.85. The molecule has 4 atom stereocenters. The molecule has 40 heavy (non-hydrogen) atoms. The summed E-state index contributed by atoms with van der Waals surface area (Å²) < 4.78 is 23.5. The van der Waals surface area contributed by atoms with Crippen molar-refractivity contribution in [3.05, 3.63) is 60.7 Å². The van der Waals surface area contributed by atoms with Gasteiger partial charge >= 0.3 is 23.9 Å². The molecule has 0 spiro atoms. The second-order valence-electron chi connectivity index (χ2n) is 10.2. The average molecular weight is 776 g/mol. The smallest absolute Gasteiger partial charge is 0.344 e. The van der Waals surface area contributed by atoms with Gasteiger partial charge in [-0.1, -0.05) is 30.3 Å². The van der Waals surface area contributed by atoms with Crippen LogP contribution in [0.4, 0.5) is 0 Å². The topological polar surface area (TPSA) is 142 Å². The summed E-state index contributed by atoms with van der Waals surface area (Å²) in [6, 6.07) is 12.8. The van der Waals surface area contributed by atoms with Crippen LogP contribution in [-0.4, -0.2) is 60.9 Å². The molecule has 0 radical (unpaired) electrons. The Labute approximate surface area is 257 Å². The van der Waals surface area contributed by atoms with E-state index >= 15 is 0 Å². The highest BCUT2D eigenvalue weighted by molar-refractivity contribution is 14.1. The van der Waals surface area contributed by atoms with Gasteiger partial charge in [0.2, 0.25) is 0 Å². The van der Waals surface area contributed by atoms with E-state index in [1.807, 2.05) is 75.5 Å². The molecule has 3 N–H and O–H groups in total. The molecule has 1 aliphatic carbocycles. The Balaban J connectivity index is 1.25. The number of ether oxygens (including phenoxy) is 4. The number of rotatable bonds is 7. The van der Waals surface area contributed by atoms with Gasteiger partial charge in [-0.25, -0.2) is 9.59 Å². The van der Waals surface area contributed by atoms with Crippen LogP contribution in [0.15, 0.2) is 42.5 Å². The van der Waals surface area contributed by atoms with E-state index in [1.165, 1.54) is 6.07 Å². The summed E-state index contributed by atoms with van der Waals surface area (Å²) in [5, 5.41) is 12.4. The number of fused-ring (bicyclic) bond motifs is 2. The van der Waals surface area contributed by atoms with E-state index in [9.17, 15) is 24.3 Å². The van der Waals surface area contributed by atoms with Crippen molar-refractivity contribution >= 4 is 69.1 Å². The monoisotopic (exact) mass is 776 g/mol. The third kappa shape index (κ3) is 6.08. The van der Waals surface area contributed by atoms with Gasteiger partial charge in [-0.2, -0.15) is 0 Å². The molecule has 3 aliphatic rings. The molecule has 0 aromatic heterocycles. The molecule has 10 nitrogen and oxygen atoms in total. The van der Waals surface area contributed by atoms with Crippen molar-refractivity contribution in [1.82, 2.24) is 0 Å². The summed E-state index contributed by atoms with van der Waals surface area (Å²) in [5.41, 5.74) is 0.0633. The Morgan fingerprint density at radius 3 is 2.52 bits per heavy atom. The predicted molar refractivity (Wildman–Crippen MR) is 155 cm³/mol. The van der Waals surface area contributed by atoms with Crippen LogP contribution in [0.5, 0.6) is 5.75 Å². The summed E-state index contributed by atoms with van der Waals surface area (Å²) >= 11 is 3.90. The minimum atomic E-state index is -0.883. The number of carbonyl (C=O) groups is 4. The fourth-order valence-corrected chi connectivity index (χ4v) is 7.51. The standard InChI is InChI=1S/C28H27I2NO9/c29-16-10-19(24(33)20(30)11-16)25(34)37-14-23(32)38-21-13-18(17-12-22(21)39-26(17)35)27(36)40-28(6-8-31-9-7-28)15-4-2-1-3-5-15/h1-5,10-11,17-18,21-22,31,33H,6-9,12-14H2/p+1. The summed E-state index contributed by atoms with van der Waals surface area (Å²) in [5.74, 6) is -4.48. The maximum absolute atomic E-state index is 13.6. The van der Waals surface area contributed by atoms with E-state index in [2.05, 4.69) is 5.32 Å². The molecular weight excluding hydrogens is 748 g/mol. The number of esters is 4. The van der Waals surface area contributed by atoms with Crippen LogP contribution in [0.1, 0.15) is 41.6 Å². The van der Waals surface area contributed by atoms with Gasteiger partial charge in [0.25, 0.3) is 0 Å². The van der Waals surface area contributed by atoms with Gasteiger partial charge in [0, 0.05) is 29.3 Å². The number of carbonyl (C=O) groups excluding carboxylic acids is 4. The Bertz CT molecular complexity index is 1310. The maximum atomic E-state index is 13.6. The molecule has 0 amide bonds.